The molecule has 3 N–H and O–H groups in total. The highest BCUT2D eigenvalue weighted by molar-refractivity contribution is 6.34. The Labute approximate surface area is 256 Å². The average Bonchev–Trinajstić information content (AvgIpc) is 2.88. The fourth-order valence-electron chi connectivity index (χ4n) is 4.71. The first-order valence-corrected chi connectivity index (χ1v) is 15.3. The number of anilines is 1. The molecule has 0 saturated carbocycles. The van der Waals surface area contributed by atoms with Crippen LogP contribution in [-0.4, -0.2) is 46.1 Å². The Morgan fingerprint density at radius 2 is 1.64 bits per heavy atom. The number of alkyl carbamates (subject to hydrolysis) is 1. The number of phenols is 1. The summed E-state index contributed by atoms with van der Waals surface area (Å²) < 4.78 is 5.47. The average molecular weight is 602 g/mol. The summed E-state index contributed by atoms with van der Waals surface area (Å²) in [4.78, 5) is 42.8. The van der Waals surface area contributed by atoms with Crippen molar-refractivity contribution in [1.29, 1.82) is 0 Å². The molecule has 2 aromatic rings. The second-order valence-corrected chi connectivity index (χ2v) is 12.6. The summed E-state index contributed by atoms with van der Waals surface area (Å²) in [7, 11) is 0. The number of unbranched alkanes of at least 4 members (excludes halogenated alkanes) is 4. The smallest absolute Gasteiger partial charge is 0.408 e. The van der Waals surface area contributed by atoms with Crippen LogP contribution in [0.4, 0.5) is 10.5 Å². The number of nitrogens with one attached hydrogen (secondary N) is 2. The van der Waals surface area contributed by atoms with E-state index in [2.05, 4.69) is 17.6 Å². The molecule has 2 unspecified atom stereocenters. The topological polar surface area (TPSA) is 108 Å². The number of halogens is 1. The second-order valence-electron chi connectivity index (χ2n) is 12.2. The Balaban J connectivity index is 2.56. The van der Waals surface area contributed by atoms with E-state index in [0.717, 1.165) is 31.2 Å². The standard InChI is InChI=1S/C33H48ClN3O5/c1-8-9-10-11-12-20-37(31(40)27(21-22(2)3)35-32(41)42-33(5,6)7)29(24-16-18-25(38)19-17-24)30(39)36-28-23(4)14-13-15-26(28)34/h13-19,22,27,29,38H,8-12,20-21H2,1-7H3,(H,35,41)(H,36,39). The number of hydrogen-bond acceptors (Lipinski definition) is 5. The molecule has 0 aromatic heterocycles. The molecule has 0 aliphatic heterocycles. The van der Waals surface area contributed by atoms with Gasteiger partial charge in [0.2, 0.25) is 5.91 Å². The first-order chi connectivity index (χ1) is 19.7. The molecule has 0 heterocycles. The molecule has 0 fully saturated rings. The zero-order chi connectivity index (χ0) is 31.4. The quantitative estimate of drug-likeness (QED) is 0.192. The molecule has 0 bridgehead atoms. The lowest BCUT2D eigenvalue weighted by Crippen LogP contribution is -2.53. The third-order valence-corrected chi connectivity index (χ3v) is 7.04. The fraction of sp³-hybridized carbons (Fsp3) is 0.545. The van der Waals surface area contributed by atoms with Crippen molar-refractivity contribution in [2.75, 3.05) is 11.9 Å². The SMILES string of the molecule is CCCCCCCN(C(=O)C(CC(C)C)NC(=O)OC(C)(C)C)C(C(=O)Nc1c(C)cccc1Cl)c1ccc(O)cc1. The van der Waals surface area contributed by atoms with Gasteiger partial charge in [-0.15, -0.1) is 0 Å². The predicted molar refractivity (Wildman–Crippen MR) is 169 cm³/mol. The number of phenolic OH excluding ortho intramolecular Hbond substituents is 1. The molecule has 0 aliphatic carbocycles. The second kappa shape index (κ2) is 16.4. The van der Waals surface area contributed by atoms with Gasteiger partial charge >= 0.3 is 6.09 Å². The van der Waals surface area contributed by atoms with E-state index in [9.17, 15) is 19.5 Å². The van der Waals surface area contributed by atoms with E-state index >= 15 is 0 Å². The molecular formula is C33H48ClN3O5. The summed E-state index contributed by atoms with van der Waals surface area (Å²) in [6, 6.07) is 9.63. The molecule has 2 aromatic carbocycles. The van der Waals surface area contributed by atoms with Gasteiger partial charge in [-0.05, 0) is 75.8 Å². The first kappa shape index (κ1) is 34.9. The Kier molecular flexibility index (Phi) is 13.6. The van der Waals surface area contributed by atoms with Crippen molar-refractivity contribution in [2.24, 2.45) is 5.92 Å². The van der Waals surface area contributed by atoms with Crippen molar-refractivity contribution < 1.29 is 24.2 Å². The Morgan fingerprint density at radius 1 is 1.00 bits per heavy atom. The van der Waals surface area contributed by atoms with Crippen molar-refractivity contribution in [1.82, 2.24) is 10.2 Å². The molecule has 0 aliphatic rings. The Hall–Kier alpha value is -3.26. The predicted octanol–water partition coefficient (Wildman–Crippen LogP) is 7.77. The summed E-state index contributed by atoms with van der Waals surface area (Å²) in [5.74, 6) is -0.706. The van der Waals surface area contributed by atoms with E-state index in [0.29, 0.717) is 35.7 Å². The van der Waals surface area contributed by atoms with Gasteiger partial charge < -0.3 is 25.4 Å². The van der Waals surface area contributed by atoms with Crippen molar-refractivity contribution in [2.45, 2.75) is 105 Å². The zero-order valence-electron chi connectivity index (χ0n) is 26.1. The number of amides is 3. The van der Waals surface area contributed by atoms with Crippen LogP contribution in [-0.2, 0) is 14.3 Å². The highest BCUT2D eigenvalue weighted by Crippen LogP contribution is 2.31. The third-order valence-electron chi connectivity index (χ3n) is 6.72. The molecule has 0 radical (unpaired) electrons. The summed E-state index contributed by atoms with van der Waals surface area (Å²) in [6.07, 6.45) is 4.41. The molecule has 0 spiro atoms. The maximum absolute atomic E-state index is 14.4. The number of carbonyl (C=O) groups excluding carboxylic acids is 3. The Bertz CT molecular complexity index is 1160. The summed E-state index contributed by atoms with van der Waals surface area (Å²) >= 11 is 6.45. The molecule has 0 saturated heterocycles. The van der Waals surface area contributed by atoms with Gasteiger partial charge in [-0.25, -0.2) is 4.79 Å². The lowest BCUT2D eigenvalue weighted by atomic mass is 9.98. The van der Waals surface area contributed by atoms with E-state index in [1.165, 1.54) is 12.1 Å². The van der Waals surface area contributed by atoms with Crippen molar-refractivity contribution in [3.63, 3.8) is 0 Å². The number of aromatic hydroxyl groups is 1. The van der Waals surface area contributed by atoms with Crippen LogP contribution in [0.1, 0.15) is 97.2 Å². The van der Waals surface area contributed by atoms with Gasteiger partial charge in [0.25, 0.3) is 5.91 Å². The number of hydrogen-bond donors (Lipinski definition) is 3. The summed E-state index contributed by atoms with van der Waals surface area (Å²) in [5.41, 5.74) is 1.03. The fourth-order valence-corrected chi connectivity index (χ4v) is 4.98. The van der Waals surface area contributed by atoms with Crippen LogP contribution < -0.4 is 10.6 Å². The molecule has 3 amide bonds. The first-order valence-electron chi connectivity index (χ1n) is 14.9. The minimum atomic E-state index is -1.05. The van der Waals surface area contributed by atoms with E-state index < -0.39 is 29.7 Å². The number of nitrogens with zero attached hydrogens (tertiary/aromatic N) is 1. The van der Waals surface area contributed by atoms with Gasteiger partial charge in [-0.2, -0.15) is 0 Å². The molecular weight excluding hydrogens is 554 g/mol. The lowest BCUT2D eigenvalue weighted by Gasteiger charge is -2.35. The summed E-state index contributed by atoms with van der Waals surface area (Å²) in [5, 5.41) is 16.1. The zero-order valence-corrected chi connectivity index (χ0v) is 26.9. The number of rotatable bonds is 14. The third kappa shape index (κ3) is 11.2. The number of para-hydroxylation sites is 1. The van der Waals surface area contributed by atoms with Crippen LogP contribution in [0.2, 0.25) is 5.02 Å². The van der Waals surface area contributed by atoms with Crippen molar-refractivity contribution in [3.05, 3.63) is 58.6 Å². The molecule has 2 atom stereocenters. The molecule has 9 heteroatoms. The van der Waals surface area contributed by atoms with Crippen LogP contribution in [0.25, 0.3) is 0 Å². The largest absolute Gasteiger partial charge is 0.508 e. The monoisotopic (exact) mass is 601 g/mol. The van der Waals surface area contributed by atoms with E-state index in [1.807, 2.05) is 26.8 Å². The number of carbonyl (C=O) groups is 3. The van der Waals surface area contributed by atoms with Gasteiger partial charge in [-0.3, -0.25) is 9.59 Å². The van der Waals surface area contributed by atoms with E-state index in [1.54, 1.807) is 49.9 Å². The molecule has 2 rings (SSSR count). The van der Waals surface area contributed by atoms with Crippen LogP contribution in [0.15, 0.2) is 42.5 Å². The van der Waals surface area contributed by atoms with Gasteiger partial charge in [0.15, 0.2) is 0 Å². The van der Waals surface area contributed by atoms with Gasteiger partial charge in [-0.1, -0.05) is 82.3 Å². The van der Waals surface area contributed by atoms with Crippen molar-refractivity contribution >= 4 is 35.2 Å². The Morgan fingerprint density at radius 3 is 2.21 bits per heavy atom. The van der Waals surface area contributed by atoms with E-state index in [4.69, 9.17) is 16.3 Å². The number of aryl methyl sites for hydroxylation is 1. The van der Waals surface area contributed by atoms with Gasteiger partial charge in [0, 0.05) is 6.54 Å². The van der Waals surface area contributed by atoms with Gasteiger partial charge in [0.1, 0.15) is 23.4 Å². The maximum Gasteiger partial charge on any atom is 0.408 e. The van der Waals surface area contributed by atoms with Gasteiger partial charge in [0.05, 0.1) is 10.7 Å². The van der Waals surface area contributed by atoms with E-state index in [-0.39, 0.29) is 17.6 Å². The van der Waals surface area contributed by atoms with Crippen LogP contribution >= 0.6 is 11.6 Å². The summed E-state index contributed by atoms with van der Waals surface area (Å²) in [6.45, 7) is 13.5. The van der Waals surface area contributed by atoms with Crippen molar-refractivity contribution in [3.8, 4) is 5.75 Å². The van der Waals surface area contributed by atoms with Crippen LogP contribution in [0, 0.1) is 12.8 Å². The molecule has 232 valence electrons. The van der Waals surface area contributed by atoms with Crippen LogP contribution in [0.3, 0.4) is 0 Å². The van der Waals surface area contributed by atoms with Crippen LogP contribution in [0.5, 0.6) is 5.75 Å². The molecule has 42 heavy (non-hydrogen) atoms. The maximum atomic E-state index is 14.4. The lowest BCUT2D eigenvalue weighted by molar-refractivity contribution is -0.141. The normalized spacial score (nSPS) is 12.9. The highest BCUT2D eigenvalue weighted by atomic mass is 35.5. The minimum Gasteiger partial charge on any atom is -0.508 e. The highest BCUT2D eigenvalue weighted by Gasteiger charge is 2.36. The minimum absolute atomic E-state index is 0.0431. The molecule has 8 nitrogen and oxygen atoms in total. The number of benzene rings is 2. The number of ether oxygens (including phenoxy) is 1.